The Morgan fingerprint density at radius 1 is 0.353 bits per heavy atom. The number of halogens is 1. The molecule has 0 aliphatic heterocycles. The average Bonchev–Trinajstić information content (AvgIpc) is 1.14. The number of nitrogens with zero attached hydrogens (tertiary/aromatic N) is 21. The van der Waals surface area contributed by atoms with Gasteiger partial charge >= 0.3 is 5.97 Å². The number of carboxylic acid groups (broad SMARTS) is 1. The van der Waals surface area contributed by atoms with Crippen LogP contribution in [0.3, 0.4) is 0 Å². The van der Waals surface area contributed by atoms with Crippen molar-refractivity contribution in [3.63, 3.8) is 0 Å². The molecule has 15 N–H and O–H groups in total. The van der Waals surface area contributed by atoms with Crippen molar-refractivity contribution in [1.29, 1.82) is 0 Å². The number of nitrogens with two attached hydrogens (primary N) is 5. The Bertz CT molecular complexity index is 8430. The van der Waals surface area contributed by atoms with Crippen LogP contribution in [0.5, 0.6) is 0 Å². The number of aromatic carboxylic acids is 1. The highest BCUT2D eigenvalue weighted by Crippen LogP contribution is 2.37. The summed E-state index contributed by atoms with van der Waals surface area (Å²) in [4.78, 5) is 136. The zero-order chi connectivity index (χ0) is 107. The average molecular weight is 2030 g/mol. The molecular formula is C110H109ClN30O9. The Morgan fingerprint density at radius 3 is 0.867 bits per heavy atom. The predicted molar refractivity (Wildman–Crippen MR) is 586 cm³/mol. The van der Waals surface area contributed by atoms with Crippen LogP contribution in [0.2, 0.25) is 5.15 Å². The number of benzene rings is 8. The van der Waals surface area contributed by atoms with Gasteiger partial charge < -0.3 is 59.9 Å². The standard InChI is InChI=1S/C28H28N8O2.C27H25N7O2.C26H23N7O3.C21H20N4O.C6H6ClN3O.C2H7N/c1-17(32-25-22(26(37)34(2)3)15-30-28(29)33-25)23-13-18-9-8-12-21(19-14-31-35(4)16-19)24(18)27(38)36(23)20-10-6-5-7-11-20;1-16(31-25-22(17(2)35)14-29-27(28)32-25)23-12-18-8-7-11-21(19-13-30-33(3)15-19)24(18)26(36)34(23)20-9-5-4-6-10-20;1-15(30-23-20(25(35)36)13-28-26(27)31-23)21-11-16-7-6-10-19(17-12-29-32(2)14-17)22(16)24(34)33(21)18-8-4-3-5-9-18;1-14(22)19-11-15-7-6-10-18(16-12-23-24(2)13-16)20(15)21(26)25(19)17-8-4-3-5-9-17;1-3(11)4-2-9-6(8)10-5(4)7;1-3-2/h5-17H,1-4H3,(H3,29,30,32,33);4-16H,1-3H3,(H3,28,29,31,32);3-15H,1-2H3,(H,35,36)(H3,27,28,30,31);3-14H,22H2,1-2H3;2H,1H3,(H2,8,9,10);3H,1-2H3/t17-;16-;15-;14-;;/m0000../s1. The molecule has 20 rings (SSSR count). The van der Waals surface area contributed by atoms with Crippen LogP contribution in [0, 0.1) is 0 Å². The molecule has 4 atom stereocenters. The van der Waals surface area contributed by atoms with E-state index in [1.165, 1.54) is 37.3 Å². The molecular weight excluding hydrogens is 1920 g/mol. The van der Waals surface area contributed by atoms with Gasteiger partial charge in [0.2, 0.25) is 23.8 Å². The minimum atomic E-state index is -1.19. The first-order valence-electron chi connectivity index (χ1n) is 47.2. The summed E-state index contributed by atoms with van der Waals surface area (Å²) in [6, 6.07) is 67.2. The molecule has 0 saturated heterocycles. The number of rotatable bonds is 22. The van der Waals surface area contributed by atoms with Crippen LogP contribution in [-0.2, 0) is 28.2 Å². The van der Waals surface area contributed by atoms with Crippen LogP contribution in [0.25, 0.3) is 110 Å². The maximum Gasteiger partial charge on any atom is 0.341 e. The fourth-order valence-electron chi connectivity index (χ4n) is 17.2. The van der Waals surface area contributed by atoms with E-state index in [2.05, 4.69) is 81.5 Å². The molecule has 0 aliphatic rings. The van der Waals surface area contributed by atoms with Crippen LogP contribution >= 0.6 is 11.6 Å². The van der Waals surface area contributed by atoms with Gasteiger partial charge in [-0.15, -0.1) is 0 Å². The highest BCUT2D eigenvalue weighted by Gasteiger charge is 2.29. The maximum absolute atomic E-state index is 14.2. The molecule has 0 radical (unpaired) electrons. The number of nitrogens with one attached hydrogen (secondary N) is 4. The number of carboxylic acids is 1. The van der Waals surface area contributed by atoms with E-state index in [1.54, 1.807) is 75.9 Å². The second-order valence-electron chi connectivity index (χ2n) is 35.3. The number of Topliss-reactive ketones (excluding diaryl/α,β-unsaturated/α-hetero) is 2. The zero-order valence-corrected chi connectivity index (χ0v) is 85.1. The van der Waals surface area contributed by atoms with E-state index in [0.717, 1.165) is 95.0 Å². The Labute approximate surface area is 864 Å². The lowest BCUT2D eigenvalue weighted by molar-refractivity contribution is 0.0695. The van der Waals surface area contributed by atoms with E-state index in [0.29, 0.717) is 67.1 Å². The fraction of sp³-hybridized carbons (Fsp3) is 0.164. The summed E-state index contributed by atoms with van der Waals surface area (Å²) in [6.07, 6.45) is 19.9. The molecule has 40 heteroatoms. The first-order chi connectivity index (χ1) is 72.0. The number of carbonyl (C=O) groups is 4. The van der Waals surface area contributed by atoms with Crippen molar-refractivity contribution in [2.24, 2.45) is 33.9 Å². The van der Waals surface area contributed by atoms with Gasteiger partial charge in [0.05, 0.1) is 75.6 Å². The highest BCUT2D eigenvalue weighted by atomic mass is 35.5. The summed E-state index contributed by atoms with van der Waals surface area (Å²) >= 11 is 5.57. The number of ketones is 2. The normalized spacial score (nSPS) is 11.7. The number of aryl methyl sites for hydroxylation is 4. The lowest BCUT2D eigenvalue weighted by Gasteiger charge is -2.23. The minimum Gasteiger partial charge on any atom is -0.477 e. The summed E-state index contributed by atoms with van der Waals surface area (Å²) in [7, 11) is 14.4. The molecule has 0 bridgehead atoms. The van der Waals surface area contributed by atoms with Crippen molar-refractivity contribution in [3.05, 3.63) is 384 Å². The van der Waals surface area contributed by atoms with Crippen LogP contribution in [0.1, 0.15) is 130 Å². The fourth-order valence-corrected chi connectivity index (χ4v) is 17.4. The summed E-state index contributed by atoms with van der Waals surface area (Å²) in [5.74, 6) is -1.04. The van der Waals surface area contributed by atoms with Gasteiger partial charge in [-0.25, -0.2) is 29.7 Å². The van der Waals surface area contributed by atoms with E-state index in [1.807, 2.05) is 313 Å². The maximum atomic E-state index is 14.2. The van der Waals surface area contributed by atoms with Crippen molar-refractivity contribution in [2.75, 3.05) is 67.1 Å². The van der Waals surface area contributed by atoms with Crippen LogP contribution in [-0.4, -0.2) is 159 Å². The lowest BCUT2D eigenvalue weighted by Crippen LogP contribution is -2.27. The van der Waals surface area contributed by atoms with Gasteiger partial charge in [-0.3, -0.25) is 70.6 Å². The molecule has 0 unspecified atom stereocenters. The molecule has 12 aromatic heterocycles. The third-order valence-electron chi connectivity index (χ3n) is 24.1. The number of pyridine rings is 4. The van der Waals surface area contributed by atoms with Gasteiger partial charge in [0.1, 0.15) is 33.7 Å². The van der Waals surface area contributed by atoms with Crippen molar-refractivity contribution < 1.29 is 24.3 Å². The molecule has 760 valence electrons. The number of anilines is 7. The number of fused-ring (bicyclic) bond motifs is 4. The third kappa shape index (κ3) is 23.3. The molecule has 0 fully saturated rings. The van der Waals surface area contributed by atoms with Gasteiger partial charge in [-0.05, 0) is 172 Å². The monoisotopic (exact) mass is 2030 g/mol. The molecule has 39 nitrogen and oxygen atoms in total. The van der Waals surface area contributed by atoms with Crippen molar-refractivity contribution >= 4 is 119 Å². The smallest absolute Gasteiger partial charge is 0.341 e. The van der Waals surface area contributed by atoms with E-state index in [-0.39, 0.29) is 91.6 Å². The van der Waals surface area contributed by atoms with Gasteiger partial charge in [0.25, 0.3) is 28.1 Å². The quantitative estimate of drug-likeness (QED) is 0.0222. The van der Waals surface area contributed by atoms with Crippen LogP contribution < -0.4 is 72.2 Å². The number of amides is 1. The summed E-state index contributed by atoms with van der Waals surface area (Å²) in [5.41, 5.74) is 41.4. The number of hydrogen-bond acceptors (Lipinski definition) is 29. The molecule has 1 amide bonds. The first kappa shape index (κ1) is 105. The minimum absolute atomic E-state index is 0.0371. The third-order valence-corrected chi connectivity index (χ3v) is 24.4. The Hall–Kier alpha value is -19.1. The molecule has 12 heterocycles. The molecule has 150 heavy (non-hydrogen) atoms. The second kappa shape index (κ2) is 46.3. The van der Waals surface area contributed by atoms with Gasteiger partial charge in [-0.1, -0.05) is 157 Å². The molecule has 0 spiro atoms. The van der Waals surface area contributed by atoms with Crippen molar-refractivity contribution in [3.8, 4) is 67.3 Å². The first-order valence-corrected chi connectivity index (χ1v) is 47.6. The second-order valence-corrected chi connectivity index (χ2v) is 35.6. The molecule has 8 aromatic carbocycles. The van der Waals surface area contributed by atoms with Crippen LogP contribution in [0.4, 0.5) is 41.2 Å². The number of hydrogen-bond donors (Lipinski definition) is 10. The largest absolute Gasteiger partial charge is 0.477 e. The number of aromatic nitrogens is 20. The lowest BCUT2D eigenvalue weighted by atomic mass is 9.99. The Kier molecular flexibility index (Phi) is 32.4. The summed E-state index contributed by atoms with van der Waals surface area (Å²) in [5, 5.41) is 44.8. The van der Waals surface area contributed by atoms with E-state index in [9.17, 15) is 43.5 Å². The van der Waals surface area contributed by atoms with Crippen molar-refractivity contribution in [2.45, 2.75) is 65.7 Å². The Balaban J connectivity index is 0.000000144. The summed E-state index contributed by atoms with van der Waals surface area (Å²) in [6.45, 7) is 10.4. The number of carbonyl (C=O) groups excluding carboxylic acids is 3. The van der Waals surface area contributed by atoms with E-state index in [4.69, 9.17) is 40.3 Å². The SMILES string of the molecule is CC(=O)c1cnc(N)nc1Cl.CC(=O)c1cnc(N)nc1N[C@@H](C)c1cc2cccc(-c3cnn(C)c3)c2c(=O)n1-c1ccccc1.CNC.C[C@H](N)c1cc2cccc(-c3cnn(C)c3)c2c(=O)n1-c1ccccc1.C[C@H](Nc1nc(N)ncc1C(=O)N(C)C)c1cc2cccc(-c3cnn(C)c3)c2c(=O)n1-c1ccccc1.C[C@H](Nc1nc(N)ncc1C(=O)O)c1cc2cccc(-c3cnn(C)c3)c2c(=O)n1-c1ccccc1. The number of para-hydroxylation sites is 4. The predicted octanol–water partition coefficient (Wildman–Crippen LogP) is 15.6. The van der Waals surface area contributed by atoms with Crippen LogP contribution in [0.15, 0.2) is 312 Å². The van der Waals surface area contributed by atoms with Crippen molar-refractivity contribution in [1.82, 2.24) is 107 Å². The highest BCUT2D eigenvalue weighted by molar-refractivity contribution is 6.32. The van der Waals surface area contributed by atoms with Gasteiger partial charge in [0, 0.05) is 166 Å². The topological polar surface area (TPSA) is 532 Å². The zero-order valence-electron chi connectivity index (χ0n) is 84.4. The number of nitrogen functional groups attached to an aromatic ring is 4. The summed E-state index contributed by atoms with van der Waals surface area (Å²) < 4.78 is 13.6. The molecule has 0 aliphatic carbocycles. The van der Waals surface area contributed by atoms with Gasteiger partial charge in [0.15, 0.2) is 11.6 Å². The van der Waals surface area contributed by atoms with E-state index >= 15 is 0 Å². The van der Waals surface area contributed by atoms with E-state index < -0.39 is 24.1 Å². The molecule has 0 saturated carbocycles. The van der Waals surface area contributed by atoms with Gasteiger partial charge in [-0.2, -0.15) is 35.3 Å². The Morgan fingerprint density at radius 2 is 0.607 bits per heavy atom. The molecule has 20 aromatic rings.